The van der Waals surface area contributed by atoms with E-state index in [1.807, 2.05) is 32.9 Å². The van der Waals surface area contributed by atoms with Gasteiger partial charge in [-0.25, -0.2) is 10.2 Å². The fourth-order valence-electron chi connectivity index (χ4n) is 2.87. The molecule has 9 heteroatoms. The number of aromatic carboxylic acids is 1. The lowest BCUT2D eigenvalue weighted by atomic mass is 10.0. The number of hydrazone groups is 1. The molecule has 2 aromatic rings. The average molecular weight is 493 g/mol. The van der Waals surface area contributed by atoms with Gasteiger partial charge in [-0.15, -0.1) is 0 Å². The molecule has 2 N–H and O–H groups in total. The molecule has 0 bridgehead atoms. The molecular weight excluding hydrogens is 468 g/mol. The molecule has 166 valence electrons. The summed E-state index contributed by atoms with van der Waals surface area (Å²) in [5, 5.41) is 13.4. The largest absolute Gasteiger partial charge is 0.493 e. The number of hydrogen-bond donors (Lipinski definition) is 2. The van der Waals surface area contributed by atoms with Gasteiger partial charge >= 0.3 is 5.97 Å². The number of benzene rings is 2. The highest BCUT2D eigenvalue weighted by molar-refractivity contribution is 9.10. The van der Waals surface area contributed by atoms with Crippen LogP contribution in [0.2, 0.25) is 0 Å². The van der Waals surface area contributed by atoms with Crippen molar-refractivity contribution in [3.8, 4) is 17.2 Å². The Hall–Kier alpha value is -3.07. The predicted molar refractivity (Wildman–Crippen MR) is 121 cm³/mol. The Morgan fingerprint density at radius 1 is 1.19 bits per heavy atom. The van der Waals surface area contributed by atoms with Gasteiger partial charge < -0.3 is 19.3 Å². The summed E-state index contributed by atoms with van der Waals surface area (Å²) in [4.78, 5) is 23.8. The van der Waals surface area contributed by atoms with Gasteiger partial charge in [0.25, 0.3) is 5.91 Å². The van der Waals surface area contributed by atoms with E-state index in [4.69, 9.17) is 14.2 Å². The van der Waals surface area contributed by atoms with Gasteiger partial charge in [-0.3, -0.25) is 4.79 Å². The molecule has 0 spiro atoms. The number of halogens is 1. The molecule has 0 aliphatic rings. The van der Waals surface area contributed by atoms with E-state index in [0.717, 1.165) is 15.6 Å². The maximum atomic E-state index is 12.2. The van der Waals surface area contributed by atoms with Crippen LogP contribution in [0.3, 0.4) is 0 Å². The fraction of sp³-hybridized carbons (Fsp3) is 0.318. The maximum absolute atomic E-state index is 12.2. The van der Waals surface area contributed by atoms with Gasteiger partial charge in [0.1, 0.15) is 11.3 Å². The summed E-state index contributed by atoms with van der Waals surface area (Å²) >= 11 is 3.51. The normalized spacial score (nSPS) is 10.9. The first-order valence-electron chi connectivity index (χ1n) is 9.42. The quantitative estimate of drug-likeness (QED) is 0.402. The number of rotatable bonds is 9. The monoisotopic (exact) mass is 492 g/mol. The number of aryl methyl sites for hydroxylation is 1. The number of carboxylic acids is 1. The molecule has 0 unspecified atom stereocenters. The van der Waals surface area contributed by atoms with Gasteiger partial charge in [0, 0.05) is 10.0 Å². The van der Waals surface area contributed by atoms with Crippen molar-refractivity contribution in [2.24, 2.45) is 5.10 Å². The second-order valence-electron chi connectivity index (χ2n) is 6.95. The Kier molecular flexibility index (Phi) is 8.44. The molecule has 0 fully saturated rings. The Morgan fingerprint density at radius 2 is 1.90 bits per heavy atom. The van der Waals surface area contributed by atoms with Crippen LogP contribution < -0.4 is 19.6 Å². The minimum absolute atomic E-state index is 0.0698. The molecular formula is C22H25BrN2O6. The summed E-state index contributed by atoms with van der Waals surface area (Å²) in [5.74, 6) is -0.501. The third-order valence-electron chi connectivity index (χ3n) is 4.46. The number of ether oxygens (including phenoxy) is 3. The van der Waals surface area contributed by atoms with Crippen molar-refractivity contribution in [1.82, 2.24) is 5.43 Å². The number of nitrogens with one attached hydrogen (secondary N) is 1. The van der Waals surface area contributed by atoms with E-state index in [9.17, 15) is 14.7 Å². The van der Waals surface area contributed by atoms with Gasteiger partial charge in [-0.05, 0) is 48.2 Å². The molecule has 0 aliphatic heterocycles. The predicted octanol–water partition coefficient (Wildman–Crippen LogP) is 4.13. The number of hydrogen-bond acceptors (Lipinski definition) is 6. The lowest BCUT2D eigenvalue weighted by Gasteiger charge is -2.15. The highest BCUT2D eigenvalue weighted by Crippen LogP contribution is 2.33. The molecule has 0 saturated carbocycles. The number of amides is 1. The number of methoxy groups -OCH3 is 2. The van der Waals surface area contributed by atoms with E-state index in [1.165, 1.54) is 26.5 Å². The second kappa shape index (κ2) is 10.8. The second-order valence-corrected chi connectivity index (χ2v) is 7.80. The summed E-state index contributed by atoms with van der Waals surface area (Å²) in [6.45, 7) is 5.78. The first kappa shape index (κ1) is 24.2. The van der Waals surface area contributed by atoms with E-state index in [2.05, 4.69) is 26.5 Å². The Bertz CT molecular complexity index is 1000. The van der Waals surface area contributed by atoms with Crippen molar-refractivity contribution in [2.45, 2.75) is 26.7 Å². The lowest BCUT2D eigenvalue weighted by Crippen LogP contribution is -2.25. The molecule has 0 aliphatic carbocycles. The smallest absolute Gasteiger partial charge is 0.340 e. The van der Waals surface area contributed by atoms with E-state index >= 15 is 0 Å². The zero-order chi connectivity index (χ0) is 23.1. The molecule has 0 aromatic heterocycles. The Balaban J connectivity index is 2.11. The van der Waals surface area contributed by atoms with Crippen LogP contribution in [0.1, 0.15) is 46.8 Å². The third kappa shape index (κ3) is 5.97. The van der Waals surface area contributed by atoms with Crippen LogP contribution in [0.15, 0.2) is 33.8 Å². The first-order valence-corrected chi connectivity index (χ1v) is 10.2. The maximum Gasteiger partial charge on any atom is 0.340 e. The number of carbonyl (C=O) groups is 2. The van der Waals surface area contributed by atoms with E-state index < -0.39 is 11.9 Å². The fourth-order valence-corrected chi connectivity index (χ4v) is 3.23. The van der Waals surface area contributed by atoms with E-state index in [-0.39, 0.29) is 35.2 Å². The molecule has 0 heterocycles. The molecule has 2 rings (SSSR count). The summed E-state index contributed by atoms with van der Waals surface area (Å²) in [6.07, 6.45) is 1.23. The topological polar surface area (TPSA) is 106 Å². The van der Waals surface area contributed by atoms with Crippen molar-refractivity contribution in [3.05, 3.63) is 51.0 Å². The van der Waals surface area contributed by atoms with Gasteiger partial charge in [-0.2, -0.15) is 5.10 Å². The molecule has 0 saturated heterocycles. The lowest BCUT2D eigenvalue weighted by molar-refractivity contribution is -0.123. The Morgan fingerprint density at radius 3 is 2.48 bits per heavy atom. The highest BCUT2D eigenvalue weighted by Gasteiger charge is 2.20. The summed E-state index contributed by atoms with van der Waals surface area (Å²) < 4.78 is 16.9. The molecule has 0 atom stereocenters. The number of carbonyl (C=O) groups excluding carboxylic acids is 1. The van der Waals surface area contributed by atoms with Crippen LogP contribution in [-0.4, -0.2) is 44.0 Å². The van der Waals surface area contributed by atoms with Crippen LogP contribution in [-0.2, 0) is 4.79 Å². The number of nitrogens with zero attached hydrogens (tertiary/aromatic N) is 1. The molecule has 0 radical (unpaired) electrons. The van der Waals surface area contributed by atoms with Crippen LogP contribution in [0.5, 0.6) is 17.2 Å². The first-order chi connectivity index (χ1) is 14.7. The minimum Gasteiger partial charge on any atom is -0.493 e. The molecule has 8 nitrogen and oxygen atoms in total. The van der Waals surface area contributed by atoms with E-state index in [0.29, 0.717) is 5.75 Å². The zero-order valence-corrected chi connectivity index (χ0v) is 19.6. The number of carboxylic acid groups (broad SMARTS) is 1. The molecule has 2 aromatic carbocycles. The van der Waals surface area contributed by atoms with Crippen LogP contribution in [0, 0.1) is 6.92 Å². The van der Waals surface area contributed by atoms with Crippen LogP contribution >= 0.6 is 15.9 Å². The molecule has 1 amide bonds. The standard InChI is InChI=1S/C22H25BrN2O6/c1-12(2)15-9-16(23)13(3)8-18(15)31-11-19(26)25-24-10-14-6-7-17(29-4)21(30-5)20(14)22(27)28/h6-10,12H,11H2,1-5H3,(H,25,26)(H,27,28)/b24-10+. The summed E-state index contributed by atoms with van der Waals surface area (Å²) in [6, 6.07) is 6.92. The third-order valence-corrected chi connectivity index (χ3v) is 5.31. The summed E-state index contributed by atoms with van der Waals surface area (Å²) in [5.41, 5.74) is 4.43. The van der Waals surface area contributed by atoms with Crippen LogP contribution in [0.25, 0.3) is 0 Å². The Labute approximate surface area is 189 Å². The minimum atomic E-state index is -1.21. The summed E-state index contributed by atoms with van der Waals surface area (Å²) in [7, 11) is 2.76. The van der Waals surface area contributed by atoms with Gasteiger partial charge in [-0.1, -0.05) is 29.8 Å². The average Bonchev–Trinajstić information content (AvgIpc) is 2.73. The van der Waals surface area contributed by atoms with Gasteiger partial charge in [0.05, 0.1) is 20.4 Å². The van der Waals surface area contributed by atoms with Crippen molar-refractivity contribution < 1.29 is 28.9 Å². The van der Waals surface area contributed by atoms with Crippen molar-refractivity contribution in [1.29, 1.82) is 0 Å². The zero-order valence-electron chi connectivity index (χ0n) is 18.0. The highest BCUT2D eigenvalue weighted by atomic mass is 79.9. The SMILES string of the molecule is COc1ccc(/C=N/NC(=O)COc2cc(C)c(Br)cc2C(C)C)c(C(=O)O)c1OC. The van der Waals surface area contributed by atoms with Crippen LogP contribution in [0.4, 0.5) is 0 Å². The van der Waals surface area contributed by atoms with Gasteiger partial charge in [0.2, 0.25) is 0 Å². The molecule has 31 heavy (non-hydrogen) atoms. The van der Waals surface area contributed by atoms with Crippen molar-refractivity contribution in [3.63, 3.8) is 0 Å². The van der Waals surface area contributed by atoms with E-state index in [1.54, 1.807) is 6.07 Å². The van der Waals surface area contributed by atoms with Crippen molar-refractivity contribution in [2.75, 3.05) is 20.8 Å². The van der Waals surface area contributed by atoms with Crippen molar-refractivity contribution >= 4 is 34.0 Å². The van der Waals surface area contributed by atoms with Gasteiger partial charge in [0.15, 0.2) is 18.1 Å².